The van der Waals surface area contributed by atoms with Crippen LogP contribution < -0.4 is 14.2 Å². The second-order valence-corrected chi connectivity index (χ2v) is 7.46. The number of hydrogen-bond donors (Lipinski definition) is 0. The van der Waals surface area contributed by atoms with Gasteiger partial charge in [0.1, 0.15) is 5.75 Å². The van der Waals surface area contributed by atoms with Crippen molar-refractivity contribution >= 4 is 28.9 Å². The Balaban J connectivity index is 1.86. The lowest BCUT2D eigenvalue weighted by molar-refractivity contribution is -0.113. The lowest BCUT2D eigenvalue weighted by Gasteiger charge is -2.31. The third-order valence-electron chi connectivity index (χ3n) is 4.56. The number of thioether (sulfide) groups is 1. The molecular weight excluding hydrogens is 352 g/mol. The third-order valence-corrected chi connectivity index (χ3v) is 5.60. The van der Waals surface area contributed by atoms with Crippen LogP contribution in [0.15, 0.2) is 22.0 Å². The summed E-state index contributed by atoms with van der Waals surface area (Å²) in [7, 11) is 4.74. The van der Waals surface area contributed by atoms with Crippen LogP contribution in [0.4, 0.5) is 0 Å². The highest BCUT2D eigenvalue weighted by molar-refractivity contribution is 8.18. The second-order valence-electron chi connectivity index (χ2n) is 6.45. The van der Waals surface area contributed by atoms with Gasteiger partial charge in [0.2, 0.25) is 0 Å². The maximum absolute atomic E-state index is 12.4. The molecule has 1 aromatic carbocycles. The average Bonchev–Trinajstić information content (AvgIpc) is 3.02. The summed E-state index contributed by atoms with van der Waals surface area (Å²) in [6, 6.07) is 3.56. The molecule has 0 spiro atoms. The van der Waals surface area contributed by atoms with Crippen LogP contribution in [0.5, 0.6) is 17.2 Å². The molecule has 1 saturated heterocycles. The Kier molecular flexibility index (Phi) is 5.76. The smallest absolute Gasteiger partial charge is 0.286 e. The fraction of sp³-hybridized carbons (Fsp3) is 0.474. The van der Waals surface area contributed by atoms with Gasteiger partial charge < -0.3 is 19.1 Å². The van der Waals surface area contributed by atoms with E-state index in [1.54, 1.807) is 39.5 Å². The van der Waals surface area contributed by atoms with Crippen LogP contribution in [-0.4, -0.2) is 50.4 Å². The van der Waals surface area contributed by atoms with Gasteiger partial charge in [-0.25, -0.2) is 0 Å². The van der Waals surface area contributed by atoms with E-state index in [0.29, 0.717) is 28.1 Å². The van der Waals surface area contributed by atoms with Crippen LogP contribution in [-0.2, 0) is 4.79 Å². The number of aliphatic imine (C=N–C) groups is 1. The minimum Gasteiger partial charge on any atom is -0.496 e. The molecular formula is C19H24N2O4S. The first-order valence-corrected chi connectivity index (χ1v) is 9.45. The van der Waals surface area contributed by atoms with Crippen molar-refractivity contribution in [1.82, 2.24) is 4.90 Å². The Morgan fingerprint density at radius 3 is 2.50 bits per heavy atom. The topological polar surface area (TPSA) is 60.4 Å². The summed E-state index contributed by atoms with van der Waals surface area (Å²) in [5.74, 6) is 2.20. The fourth-order valence-corrected chi connectivity index (χ4v) is 4.14. The van der Waals surface area contributed by atoms with Crippen LogP contribution in [0.1, 0.15) is 25.3 Å². The van der Waals surface area contributed by atoms with Crippen molar-refractivity contribution in [1.29, 1.82) is 0 Å². The van der Waals surface area contributed by atoms with E-state index in [-0.39, 0.29) is 5.91 Å². The number of benzene rings is 1. The molecule has 0 aliphatic carbocycles. The maximum atomic E-state index is 12.4. The van der Waals surface area contributed by atoms with Gasteiger partial charge >= 0.3 is 0 Å². The molecule has 2 aliphatic heterocycles. The van der Waals surface area contributed by atoms with E-state index in [1.165, 1.54) is 18.2 Å². The molecule has 2 aliphatic rings. The van der Waals surface area contributed by atoms with Crippen molar-refractivity contribution in [2.45, 2.75) is 19.8 Å². The molecule has 0 unspecified atom stereocenters. The van der Waals surface area contributed by atoms with Gasteiger partial charge in [-0.3, -0.25) is 4.79 Å². The number of carbonyl (C=O) groups excluding carboxylic acids is 1. The molecule has 1 atom stereocenters. The average molecular weight is 376 g/mol. The number of hydrogen-bond acceptors (Lipinski definition) is 6. The molecule has 0 saturated carbocycles. The summed E-state index contributed by atoms with van der Waals surface area (Å²) in [5.41, 5.74) is 0.754. The van der Waals surface area contributed by atoms with E-state index < -0.39 is 0 Å². The van der Waals surface area contributed by atoms with Gasteiger partial charge in [-0.05, 0) is 42.7 Å². The zero-order chi connectivity index (χ0) is 18.7. The first kappa shape index (κ1) is 18.6. The fourth-order valence-electron chi connectivity index (χ4n) is 3.20. The van der Waals surface area contributed by atoms with Gasteiger partial charge in [-0.1, -0.05) is 6.92 Å². The van der Waals surface area contributed by atoms with Crippen LogP contribution in [0, 0.1) is 5.92 Å². The first-order chi connectivity index (χ1) is 12.5. The van der Waals surface area contributed by atoms with Crippen molar-refractivity contribution in [2.24, 2.45) is 10.9 Å². The van der Waals surface area contributed by atoms with Gasteiger partial charge in [0.15, 0.2) is 16.7 Å². The summed E-state index contributed by atoms with van der Waals surface area (Å²) < 4.78 is 16.1. The van der Waals surface area contributed by atoms with Crippen LogP contribution in [0.2, 0.25) is 0 Å². The molecule has 1 aromatic rings. The second kappa shape index (κ2) is 8.03. The molecule has 26 heavy (non-hydrogen) atoms. The summed E-state index contributed by atoms with van der Waals surface area (Å²) >= 11 is 1.42. The predicted molar refractivity (Wildman–Crippen MR) is 104 cm³/mol. The van der Waals surface area contributed by atoms with E-state index in [0.717, 1.165) is 30.2 Å². The van der Waals surface area contributed by atoms with E-state index in [2.05, 4.69) is 16.8 Å². The van der Waals surface area contributed by atoms with E-state index >= 15 is 0 Å². The molecule has 0 radical (unpaired) electrons. The summed E-state index contributed by atoms with van der Waals surface area (Å²) in [5, 5.41) is 0.798. The normalized spacial score (nSPS) is 21.8. The van der Waals surface area contributed by atoms with Crippen molar-refractivity contribution in [2.75, 3.05) is 34.4 Å². The summed E-state index contributed by atoms with van der Waals surface area (Å²) in [6.45, 7) is 4.14. The van der Waals surface area contributed by atoms with Crippen LogP contribution in [0.25, 0.3) is 6.08 Å². The molecule has 0 N–H and O–H groups in total. The Labute approximate surface area is 158 Å². The minimum atomic E-state index is -0.208. The number of rotatable bonds is 4. The molecule has 0 aromatic heterocycles. The Hall–Kier alpha value is -2.15. The van der Waals surface area contributed by atoms with Crippen molar-refractivity contribution in [3.63, 3.8) is 0 Å². The molecule has 3 rings (SSSR count). The number of likely N-dealkylation sites (tertiary alicyclic amines) is 1. The number of methoxy groups -OCH3 is 3. The number of ether oxygens (including phenoxy) is 3. The molecule has 6 nitrogen and oxygen atoms in total. The van der Waals surface area contributed by atoms with E-state index in [9.17, 15) is 4.79 Å². The molecule has 1 amide bonds. The Morgan fingerprint density at radius 2 is 1.85 bits per heavy atom. The van der Waals surface area contributed by atoms with Gasteiger partial charge in [0, 0.05) is 24.7 Å². The van der Waals surface area contributed by atoms with Crippen molar-refractivity contribution < 1.29 is 19.0 Å². The lowest BCUT2D eigenvalue weighted by Crippen LogP contribution is -2.37. The highest BCUT2D eigenvalue weighted by atomic mass is 32.2. The largest absolute Gasteiger partial charge is 0.496 e. The predicted octanol–water partition coefficient (Wildman–Crippen LogP) is 3.41. The van der Waals surface area contributed by atoms with Crippen LogP contribution >= 0.6 is 11.8 Å². The molecule has 7 heteroatoms. The summed E-state index contributed by atoms with van der Waals surface area (Å²) in [4.78, 5) is 19.4. The molecule has 140 valence electrons. The Morgan fingerprint density at radius 1 is 1.15 bits per heavy atom. The Bertz CT molecular complexity index is 760. The number of nitrogens with zero attached hydrogens (tertiary/aromatic N) is 2. The van der Waals surface area contributed by atoms with Gasteiger partial charge in [0.05, 0.1) is 26.2 Å². The monoisotopic (exact) mass is 376 g/mol. The van der Waals surface area contributed by atoms with E-state index in [4.69, 9.17) is 14.2 Å². The number of piperidine rings is 1. The third kappa shape index (κ3) is 3.82. The van der Waals surface area contributed by atoms with Crippen LogP contribution in [0.3, 0.4) is 0 Å². The number of amidine groups is 1. The lowest BCUT2D eigenvalue weighted by atomic mass is 10.0. The highest BCUT2D eigenvalue weighted by Crippen LogP contribution is 2.38. The first-order valence-electron chi connectivity index (χ1n) is 8.63. The zero-order valence-corrected chi connectivity index (χ0v) is 16.4. The number of carbonyl (C=O) groups is 1. The quantitative estimate of drug-likeness (QED) is 0.751. The standard InChI is InChI=1S/C19H24N2O4S/c1-12-6-5-7-21(11-12)19-20-18(22)17(26-19)9-13-8-15(24-3)16(25-4)10-14(13)23-2/h8-10,12H,5-7,11H2,1-4H3/b17-9+/t12-/m1/s1. The highest BCUT2D eigenvalue weighted by Gasteiger charge is 2.29. The SMILES string of the molecule is COc1cc(OC)c(OC)cc1/C=C1/SC(N2CCC[C@@H](C)C2)=NC1=O. The molecule has 0 bridgehead atoms. The van der Waals surface area contributed by atoms with Crippen molar-refractivity contribution in [3.05, 3.63) is 22.6 Å². The van der Waals surface area contributed by atoms with E-state index in [1.807, 2.05) is 0 Å². The van der Waals surface area contributed by atoms with Gasteiger partial charge in [-0.15, -0.1) is 0 Å². The minimum absolute atomic E-state index is 0.208. The molecule has 2 heterocycles. The zero-order valence-electron chi connectivity index (χ0n) is 15.6. The van der Waals surface area contributed by atoms with Crippen molar-refractivity contribution in [3.8, 4) is 17.2 Å². The van der Waals surface area contributed by atoms with Gasteiger partial charge in [0.25, 0.3) is 5.91 Å². The maximum Gasteiger partial charge on any atom is 0.286 e. The van der Waals surface area contributed by atoms with Gasteiger partial charge in [-0.2, -0.15) is 4.99 Å². The number of amides is 1. The molecule has 1 fully saturated rings. The summed E-state index contributed by atoms with van der Waals surface area (Å²) in [6.07, 6.45) is 4.17.